The molecule has 68 heavy (non-hydrogen) atoms. The highest BCUT2D eigenvalue weighted by atomic mass is 19.4. The molecular formula is C54H68F6N2O6. The predicted molar refractivity (Wildman–Crippen MR) is 256 cm³/mol. The Labute approximate surface area is 403 Å². The number of halogens is 6. The summed E-state index contributed by atoms with van der Waals surface area (Å²) in [4.78, 5) is 19.4. The maximum atomic E-state index is 13.7. The second-order valence-electron chi connectivity index (χ2n) is 16.8. The summed E-state index contributed by atoms with van der Waals surface area (Å²) in [5, 5.41) is 19.0. The maximum Gasteiger partial charge on any atom is 0.416 e. The van der Waals surface area contributed by atoms with Crippen molar-refractivity contribution >= 4 is 17.4 Å². The average Bonchev–Trinajstić information content (AvgIpc) is 3.33. The molecule has 2 N–H and O–H groups in total. The van der Waals surface area contributed by atoms with Gasteiger partial charge in [0.1, 0.15) is 11.5 Å². The number of hydrogen-bond acceptors (Lipinski definition) is 8. The molecule has 0 radical (unpaired) electrons. The quantitative estimate of drug-likeness (QED) is 0.0532. The van der Waals surface area contributed by atoms with E-state index in [0.29, 0.717) is 58.9 Å². The zero-order chi connectivity index (χ0) is 53.4. The molecule has 4 aromatic carbocycles. The number of carbonyl (C=O) groups excluding carboxylic acids is 1. The van der Waals surface area contributed by atoms with Gasteiger partial charge < -0.3 is 24.4 Å². The molecule has 2 aliphatic rings. The lowest BCUT2D eigenvalue weighted by Crippen LogP contribution is -2.14. The van der Waals surface area contributed by atoms with Crippen LogP contribution in [0.1, 0.15) is 183 Å². The fourth-order valence-electron chi connectivity index (χ4n) is 8.46. The van der Waals surface area contributed by atoms with Crippen LogP contribution < -0.4 is 9.47 Å². The Balaban J connectivity index is 0.000000252. The number of benzene rings is 4. The molecule has 0 unspecified atom stereocenters. The third-order valence-corrected chi connectivity index (χ3v) is 12.2. The molecule has 0 amide bonds. The molecule has 372 valence electrons. The van der Waals surface area contributed by atoms with Crippen LogP contribution in [-0.4, -0.2) is 47.7 Å². The van der Waals surface area contributed by atoms with E-state index in [4.69, 9.17) is 19.7 Å². The van der Waals surface area contributed by atoms with Crippen molar-refractivity contribution in [3.05, 3.63) is 128 Å². The van der Waals surface area contributed by atoms with Gasteiger partial charge in [0, 0.05) is 18.2 Å². The summed E-state index contributed by atoms with van der Waals surface area (Å²) in [6.07, 6.45) is 1.57. The highest BCUT2D eigenvalue weighted by Gasteiger charge is 2.37. The molecule has 2 aliphatic carbocycles. The number of alkyl halides is 6. The van der Waals surface area contributed by atoms with Crippen LogP contribution in [-0.2, 0) is 43.0 Å². The fraction of sp³-hybridized carbons (Fsp3) is 0.500. The first-order valence-corrected chi connectivity index (χ1v) is 23.3. The zero-order valence-corrected chi connectivity index (χ0v) is 39.9. The number of ketones is 1. The van der Waals surface area contributed by atoms with Gasteiger partial charge in [-0.15, -0.1) is 0 Å². The first-order valence-electron chi connectivity index (χ1n) is 25.3. The SMILES string of the molecule is CCOC(C)=NCOc1ccc(C2CCCCC2)c(C(F)(F)F)c1.[2H]C([2H])(O)c1ccc(C(C)=NCOc2ccc(C3CCCCC3)c(C(F)(F)F)c2)cc1CC.[2H]C([2H])(O)c1ccc(C(C)=O)cc1CC. The molecule has 0 heterocycles. The summed E-state index contributed by atoms with van der Waals surface area (Å²) < 4.78 is 127. The van der Waals surface area contributed by atoms with E-state index >= 15 is 0 Å². The number of nitrogens with zero attached hydrogens (tertiary/aromatic N) is 2. The van der Waals surface area contributed by atoms with Gasteiger partial charge in [0.25, 0.3) is 0 Å². The van der Waals surface area contributed by atoms with E-state index in [1.165, 1.54) is 25.1 Å². The Morgan fingerprint density at radius 2 is 1.03 bits per heavy atom. The highest BCUT2D eigenvalue weighted by molar-refractivity contribution is 5.99. The van der Waals surface area contributed by atoms with Gasteiger partial charge in [-0.25, -0.2) is 4.99 Å². The normalized spacial score (nSPS) is 16.4. The third kappa shape index (κ3) is 16.8. The van der Waals surface area contributed by atoms with Crippen molar-refractivity contribution in [2.75, 3.05) is 20.1 Å². The molecule has 0 bridgehead atoms. The number of hydrogen-bond donors (Lipinski definition) is 2. The van der Waals surface area contributed by atoms with Crippen LogP contribution in [0.4, 0.5) is 26.3 Å². The molecule has 0 atom stereocenters. The first kappa shape index (κ1) is 49.2. The van der Waals surface area contributed by atoms with Gasteiger partial charge in [0.2, 0.25) is 0 Å². The molecule has 4 aromatic rings. The number of aryl methyl sites for hydroxylation is 2. The predicted octanol–water partition coefficient (Wildman–Crippen LogP) is 14.1. The monoisotopic (exact) mass is 959 g/mol. The number of aliphatic hydroxyl groups is 2. The molecule has 0 spiro atoms. The summed E-state index contributed by atoms with van der Waals surface area (Å²) in [7, 11) is 0. The van der Waals surface area contributed by atoms with Gasteiger partial charge >= 0.3 is 12.4 Å². The Bertz CT molecular complexity index is 2460. The number of carbonyl (C=O) groups is 1. The minimum absolute atomic E-state index is 0.0114. The van der Waals surface area contributed by atoms with Crippen molar-refractivity contribution in [1.82, 2.24) is 0 Å². The Kier molecular flexibility index (Phi) is 19.6. The lowest BCUT2D eigenvalue weighted by molar-refractivity contribution is -0.139. The topological polar surface area (TPSA) is 110 Å². The van der Waals surface area contributed by atoms with Crippen LogP contribution in [0.2, 0.25) is 0 Å². The van der Waals surface area contributed by atoms with Crippen LogP contribution in [0.15, 0.2) is 82.8 Å². The van der Waals surface area contributed by atoms with Crippen molar-refractivity contribution in [2.24, 2.45) is 9.98 Å². The Morgan fingerprint density at radius 1 is 0.603 bits per heavy atom. The molecule has 0 saturated heterocycles. The van der Waals surface area contributed by atoms with Gasteiger partial charge in [0.05, 0.1) is 36.3 Å². The second-order valence-corrected chi connectivity index (χ2v) is 16.8. The molecular weight excluding hydrogens is 887 g/mol. The Morgan fingerprint density at radius 3 is 1.43 bits per heavy atom. The molecule has 2 fully saturated rings. The van der Waals surface area contributed by atoms with E-state index in [1.807, 2.05) is 20.8 Å². The molecule has 6 rings (SSSR count). The summed E-state index contributed by atoms with van der Waals surface area (Å²) in [5.41, 5.74) is 3.15. The van der Waals surface area contributed by atoms with Crippen molar-refractivity contribution < 1.29 is 61.0 Å². The lowest BCUT2D eigenvalue weighted by Gasteiger charge is -2.25. The second kappa shape index (κ2) is 27.1. The van der Waals surface area contributed by atoms with E-state index in [9.17, 15) is 41.4 Å². The average molecular weight is 959 g/mol. The summed E-state index contributed by atoms with van der Waals surface area (Å²) in [6.45, 7) is 5.94. The van der Waals surface area contributed by atoms with Crippen molar-refractivity contribution in [1.29, 1.82) is 0 Å². The number of rotatable bonds is 15. The van der Waals surface area contributed by atoms with Gasteiger partial charge in [-0.1, -0.05) is 88.8 Å². The minimum atomic E-state index is -4.44. The van der Waals surface area contributed by atoms with E-state index in [1.54, 1.807) is 56.3 Å². The van der Waals surface area contributed by atoms with Crippen molar-refractivity contribution in [3.63, 3.8) is 0 Å². The van der Waals surface area contributed by atoms with E-state index in [2.05, 4.69) is 9.98 Å². The minimum Gasteiger partial charge on any atom is -0.481 e. The van der Waals surface area contributed by atoms with Gasteiger partial charge in [0.15, 0.2) is 25.1 Å². The summed E-state index contributed by atoms with van der Waals surface area (Å²) >= 11 is 0. The van der Waals surface area contributed by atoms with Crippen LogP contribution in [0.25, 0.3) is 0 Å². The van der Waals surface area contributed by atoms with Gasteiger partial charge in [-0.2, -0.15) is 26.3 Å². The molecule has 8 nitrogen and oxygen atoms in total. The van der Waals surface area contributed by atoms with E-state index < -0.39 is 36.6 Å². The molecule has 0 aromatic heterocycles. The molecule has 14 heteroatoms. The largest absolute Gasteiger partial charge is 0.481 e. The van der Waals surface area contributed by atoms with E-state index in [0.717, 1.165) is 81.9 Å². The van der Waals surface area contributed by atoms with Crippen LogP contribution in [0.3, 0.4) is 0 Å². The third-order valence-electron chi connectivity index (χ3n) is 12.2. The van der Waals surface area contributed by atoms with E-state index in [-0.39, 0.29) is 53.7 Å². The van der Waals surface area contributed by atoms with Crippen LogP contribution >= 0.6 is 0 Å². The van der Waals surface area contributed by atoms with Crippen molar-refractivity contribution in [3.8, 4) is 11.5 Å². The Hall–Kier alpha value is -5.21. The smallest absolute Gasteiger partial charge is 0.416 e. The van der Waals surface area contributed by atoms with Crippen LogP contribution in [0.5, 0.6) is 11.5 Å². The molecule has 0 aliphatic heterocycles. The number of Topliss-reactive ketones (excluding diaryl/α,β-unsaturated/α-hetero) is 1. The summed E-state index contributed by atoms with van der Waals surface area (Å²) in [5.74, 6) is 0.613. The maximum absolute atomic E-state index is 13.7. The zero-order valence-electron chi connectivity index (χ0n) is 43.9. The number of ether oxygens (including phenoxy) is 3. The molecule has 2 saturated carbocycles. The number of aliphatic imine (C=N–C) groups is 2. The summed E-state index contributed by atoms with van der Waals surface area (Å²) in [6, 6.07) is 18.0. The fourth-order valence-corrected chi connectivity index (χ4v) is 8.46. The standard InChI is InChI=1S/C25H30F3NO2.C18H24F3NO2.C11H14O2/c1-3-18-13-20(9-10-21(18)15-30)17(2)29-16-31-22-11-12-23(19-7-5-4-6-8-19)24(14-22)25(26,27)28;1-3-23-13(2)22-12-24-15-9-10-16(14-7-5-4-6-8-14)17(11-15)18(19,20)21;1-3-9-6-10(8(2)13)4-5-11(9)7-12/h9-14,19,30H,3-8,15-16H2,1-2H3;9-11,14H,3-8,12H2,1-2H3;4-6,12H,3,7H2,1-2H3/i15D2;;7D2. The van der Waals surface area contributed by atoms with Gasteiger partial charge in [-0.3, -0.25) is 9.79 Å². The van der Waals surface area contributed by atoms with Crippen molar-refractivity contribution in [2.45, 2.75) is 156 Å². The lowest BCUT2D eigenvalue weighted by atomic mass is 9.82. The van der Waals surface area contributed by atoms with Gasteiger partial charge in [-0.05, 0) is 146 Å². The van der Waals surface area contributed by atoms with Crippen LogP contribution in [0, 0.1) is 0 Å². The first-order chi connectivity index (χ1) is 33.8. The highest BCUT2D eigenvalue weighted by Crippen LogP contribution is 2.43.